The molecule has 0 atom stereocenters. The van der Waals surface area contributed by atoms with Gasteiger partial charge < -0.3 is 14.5 Å². The monoisotopic (exact) mass is 368 g/mol. The molecule has 0 aliphatic carbocycles. The lowest BCUT2D eigenvalue weighted by atomic mass is 10.2. The number of rotatable bonds is 4. The Balaban J connectivity index is 1.54. The van der Waals surface area contributed by atoms with Gasteiger partial charge in [0.15, 0.2) is 0 Å². The lowest BCUT2D eigenvalue weighted by Crippen LogP contribution is -2.47. The Morgan fingerprint density at radius 2 is 1.73 bits per heavy atom. The van der Waals surface area contributed by atoms with Gasteiger partial charge in [0.2, 0.25) is 0 Å². The number of nitrogens with zero attached hydrogens (tertiary/aromatic N) is 4. The summed E-state index contributed by atoms with van der Waals surface area (Å²) in [5.74, 6) is 2.85. The van der Waals surface area contributed by atoms with Crippen molar-refractivity contribution < 1.29 is 4.74 Å². The van der Waals surface area contributed by atoms with Crippen molar-refractivity contribution >= 4 is 33.1 Å². The fourth-order valence-corrected chi connectivity index (χ4v) is 4.45. The zero-order chi connectivity index (χ0) is 18.1. The van der Waals surface area contributed by atoms with Crippen molar-refractivity contribution in [3.05, 3.63) is 41.0 Å². The first kappa shape index (κ1) is 17.1. The van der Waals surface area contributed by atoms with Crippen LogP contribution in [0.25, 0.3) is 10.2 Å². The quantitative estimate of drug-likeness (QED) is 0.699. The van der Waals surface area contributed by atoms with E-state index in [0.29, 0.717) is 0 Å². The summed E-state index contributed by atoms with van der Waals surface area (Å²) in [6.45, 7) is 8.09. The molecular weight excluding hydrogens is 344 g/mol. The fraction of sp³-hybridized carbons (Fsp3) is 0.400. The summed E-state index contributed by atoms with van der Waals surface area (Å²) in [5, 5.41) is 1.20. The Morgan fingerprint density at radius 3 is 2.38 bits per heavy atom. The molecule has 6 heteroatoms. The molecule has 0 radical (unpaired) electrons. The highest BCUT2D eigenvalue weighted by atomic mass is 32.1. The standard InChI is InChI=1S/C20H24N4OS/c1-4-17-13-18-19(21-14(2)22-20(18)26-17)24-11-9-23(10-12-24)15-5-7-16(25-3)8-6-15/h5-8,13H,4,9-12H2,1-3H3. The van der Waals surface area contributed by atoms with Crippen LogP contribution in [0.2, 0.25) is 0 Å². The van der Waals surface area contributed by atoms with Crippen molar-refractivity contribution in [1.29, 1.82) is 0 Å². The molecule has 3 heterocycles. The minimum absolute atomic E-state index is 0.856. The molecule has 5 nitrogen and oxygen atoms in total. The van der Waals surface area contributed by atoms with Crippen LogP contribution in [0.15, 0.2) is 30.3 Å². The second kappa shape index (κ2) is 7.11. The molecule has 0 N–H and O–H groups in total. The third-order valence-electron chi connectivity index (χ3n) is 4.90. The third-order valence-corrected chi connectivity index (χ3v) is 6.07. The summed E-state index contributed by atoms with van der Waals surface area (Å²) in [5.41, 5.74) is 1.25. The zero-order valence-corrected chi connectivity index (χ0v) is 16.3. The summed E-state index contributed by atoms with van der Waals surface area (Å²) in [6, 6.07) is 10.6. The van der Waals surface area contributed by atoms with E-state index < -0.39 is 0 Å². The van der Waals surface area contributed by atoms with E-state index in [1.54, 1.807) is 18.4 Å². The van der Waals surface area contributed by atoms with E-state index in [1.165, 1.54) is 16.0 Å². The number of methoxy groups -OCH3 is 1. The van der Waals surface area contributed by atoms with Crippen LogP contribution in [0.5, 0.6) is 5.75 Å². The number of piperazine rings is 1. The van der Waals surface area contributed by atoms with Gasteiger partial charge in [-0.25, -0.2) is 9.97 Å². The Kier molecular flexibility index (Phi) is 4.68. The first-order valence-corrected chi connectivity index (χ1v) is 9.90. The predicted molar refractivity (Wildman–Crippen MR) is 109 cm³/mol. The molecule has 3 aromatic rings. The molecule has 1 saturated heterocycles. The lowest BCUT2D eigenvalue weighted by Gasteiger charge is -2.37. The van der Waals surface area contributed by atoms with Gasteiger partial charge in [0.05, 0.1) is 12.5 Å². The van der Waals surface area contributed by atoms with Gasteiger partial charge in [-0.1, -0.05) is 6.92 Å². The van der Waals surface area contributed by atoms with Crippen molar-refractivity contribution in [2.75, 3.05) is 43.1 Å². The van der Waals surface area contributed by atoms with Crippen molar-refractivity contribution in [2.45, 2.75) is 20.3 Å². The van der Waals surface area contributed by atoms with Crippen LogP contribution < -0.4 is 14.5 Å². The zero-order valence-electron chi connectivity index (χ0n) is 15.5. The molecule has 1 aromatic carbocycles. The summed E-state index contributed by atoms with van der Waals surface area (Å²) >= 11 is 1.79. The molecule has 0 bridgehead atoms. The molecule has 0 spiro atoms. The third kappa shape index (κ3) is 3.21. The number of hydrogen-bond donors (Lipinski definition) is 0. The largest absolute Gasteiger partial charge is 0.497 e. The molecule has 1 fully saturated rings. The van der Waals surface area contributed by atoms with Gasteiger partial charge in [-0.05, 0) is 43.7 Å². The maximum Gasteiger partial charge on any atom is 0.141 e. The second-order valence-corrected chi connectivity index (χ2v) is 7.67. The molecule has 0 amide bonds. The average molecular weight is 369 g/mol. The fourth-order valence-electron chi connectivity index (χ4n) is 3.44. The summed E-state index contributed by atoms with van der Waals surface area (Å²) in [6.07, 6.45) is 1.05. The Labute approximate surface area is 158 Å². The maximum absolute atomic E-state index is 5.25. The molecule has 2 aromatic heterocycles. The van der Waals surface area contributed by atoms with Crippen LogP contribution in [-0.2, 0) is 6.42 Å². The van der Waals surface area contributed by atoms with E-state index in [-0.39, 0.29) is 0 Å². The van der Waals surface area contributed by atoms with Crippen LogP contribution in [0.3, 0.4) is 0 Å². The summed E-state index contributed by atoms with van der Waals surface area (Å²) in [4.78, 5) is 16.7. The minimum Gasteiger partial charge on any atom is -0.497 e. The highest BCUT2D eigenvalue weighted by Crippen LogP contribution is 2.32. The number of ether oxygens (including phenoxy) is 1. The highest BCUT2D eigenvalue weighted by Gasteiger charge is 2.21. The van der Waals surface area contributed by atoms with E-state index in [0.717, 1.165) is 54.8 Å². The first-order valence-electron chi connectivity index (χ1n) is 9.09. The molecular formula is C20H24N4OS. The molecule has 26 heavy (non-hydrogen) atoms. The van der Waals surface area contributed by atoms with Gasteiger partial charge in [-0.3, -0.25) is 0 Å². The van der Waals surface area contributed by atoms with Crippen LogP contribution >= 0.6 is 11.3 Å². The van der Waals surface area contributed by atoms with E-state index in [2.05, 4.69) is 39.9 Å². The van der Waals surface area contributed by atoms with Crippen molar-refractivity contribution in [1.82, 2.24) is 9.97 Å². The number of anilines is 2. The van der Waals surface area contributed by atoms with Gasteiger partial charge in [-0.15, -0.1) is 11.3 Å². The number of thiophene rings is 1. The van der Waals surface area contributed by atoms with E-state index >= 15 is 0 Å². The topological polar surface area (TPSA) is 41.5 Å². The van der Waals surface area contributed by atoms with Gasteiger partial charge in [0.25, 0.3) is 0 Å². The first-order chi connectivity index (χ1) is 12.7. The molecule has 1 aliphatic heterocycles. The second-order valence-electron chi connectivity index (χ2n) is 6.55. The van der Waals surface area contributed by atoms with E-state index in [1.807, 2.05) is 19.1 Å². The molecule has 0 saturated carbocycles. The van der Waals surface area contributed by atoms with Crippen LogP contribution in [0.4, 0.5) is 11.5 Å². The minimum atomic E-state index is 0.856. The van der Waals surface area contributed by atoms with Gasteiger partial charge in [0, 0.05) is 36.7 Å². The number of hydrogen-bond acceptors (Lipinski definition) is 6. The van der Waals surface area contributed by atoms with Crippen molar-refractivity contribution in [3.63, 3.8) is 0 Å². The van der Waals surface area contributed by atoms with Gasteiger partial charge in [0.1, 0.15) is 22.2 Å². The summed E-state index contributed by atoms with van der Waals surface area (Å²) in [7, 11) is 1.70. The SMILES string of the molecule is CCc1cc2c(N3CCN(c4ccc(OC)cc4)CC3)nc(C)nc2s1. The number of fused-ring (bicyclic) bond motifs is 1. The van der Waals surface area contributed by atoms with Crippen LogP contribution in [-0.4, -0.2) is 43.3 Å². The molecule has 1 aliphatic rings. The molecule has 4 rings (SSSR count). The maximum atomic E-state index is 5.25. The number of aryl methyl sites for hydroxylation is 2. The van der Waals surface area contributed by atoms with Crippen molar-refractivity contribution in [3.8, 4) is 5.75 Å². The Bertz CT molecular complexity index is 898. The van der Waals surface area contributed by atoms with Gasteiger partial charge >= 0.3 is 0 Å². The molecule has 136 valence electrons. The number of benzene rings is 1. The van der Waals surface area contributed by atoms with Crippen LogP contribution in [0.1, 0.15) is 17.6 Å². The van der Waals surface area contributed by atoms with Crippen molar-refractivity contribution in [2.24, 2.45) is 0 Å². The lowest BCUT2D eigenvalue weighted by molar-refractivity contribution is 0.415. The van der Waals surface area contributed by atoms with Gasteiger partial charge in [-0.2, -0.15) is 0 Å². The Morgan fingerprint density at radius 1 is 1.04 bits per heavy atom. The van der Waals surface area contributed by atoms with E-state index in [4.69, 9.17) is 9.72 Å². The average Bonchev–Trinajstić information content (AvgIpc) is 3.10. The smallest absolute Gasteiger partial charge is 0.141 e. The normalized spacial score (nSPS) is 14.9. The predicted octanol–water partition coefficient (Wildman–Crippen LogP) is 3.90. The highest BCUT2D eigenvalue weighted by molar-refractivity contribution is 7.18. The summed E-state index contributed by atoms with van der Waals surface area (Å²) < 4.78 is 5.25. The number of aromatic nitrogens is 2. The molecule has 0 unspecified atom stereocenters. The Hall–Kier alpha value is -2.34. The van der Waals surface area contributed by atoms with E-state index in [9.17, 15) is 0 Å². The van der Waals surface area contributed by atoms with Crippen LogP contribution in [0, 0.1) is 6.92 Å².